The zero-order valence-electron chi connectivity index (χ0n) is 7.10. The summed E-state index contributed by atoms with van der Waals surface area (Å²) in [5, 5.41) is 16.3. The molecule has 0 atom stereocenters. The van der Waals surface area contributed by atoms with Gasteiger partial charge >= 0.3 is 11.9 Å². The van der Waals surface area contributed by atoms with Gasteiger partial charge in [0.1, 0.15) is 6.42 Å². The molecule has 76 valence electrons. The van der Waals surface area contributed by atoms with E-state index in [0.717, 1.165) is 6.08 Å². The molecule has 0 aliphatic rings. The van der Waals surface area contributed by atoms with Gasteiger partial charge in [-0.3, -0.25) is 14.4 Å². The summed E-state index contributed by atoms with van der Waals surface area (Å²) in [5.74, 6) is -4.09. The summed E-state index contributed by atoms with van der Waals surface area (Å²) >= 11 is 0. The summed E-state index contributed by atoms with van der Waals surface area (Å²) in [4.78, 5) is 41.5. The molecule has 6 nitrogen and oxygen atoms in total. The fourth-order valence-corrected chi connectivity index (χ4v) is 0.649. The number of Topliss-reactive ketones (excluding diaryl/α,β-unsaturated/α-hetero) is 1. The molecule has 14 heavy (non-hydrogen) atoms. The molecule has 2 N–H and O–H groups in total. The second-order valence-electron chi connectivity index (χ2n) is 2.42. The highest BCUT2D eigenvalue weighted by atomic mass is 16.4. The molecule has 0 rings (SSSR count). The van der Waals surface area contributed by atoms with Crippen molar-refractivity contribution in [1.82, 2.24) is 0 Å². The van der Waals surface area contributed by atoms with E-state index in [4.69, 9.17) is 10.2 Å². The van der Waals surface area contributed by atoms with Crippen molar-refractivity contribution in [1.29, 1.82) is 0 Å². The third-order valence-electron chi connectivity index (χ3n) is 1.13. The van der Waals surface area contributed by atoms with Gasteiger partial charge in [-0.05, 0) is 6.08 Å². The van der Waals surface area contributed by atoms with Gasteiger partial charge in [0, 0.05) is 6.08 Å². The van der Waals surface area contributed by atoms with Gasteiger partial charge in [0.2, 0.25) is 0 Å². The van der Waals surface area contributed by atoms with Crippen LogP contribution in [0.3, 0.4) is 0 Å². The van der Waals surface area contributed by atoms with Gasteiger partial charge in [-0.15, -0.1) is 0 Å². The molecule has 0 unspecified atom stereocenters. The van der Waals surface area contributed by atoms with Crippen molar-refractivity contribution in [2.75, 3.05) is 0 Å². The monoisotopic (exact) mass is 200 g/mol. The van der Waals surface area contributed by atoms with Crippen molar-refractivity contribution >= 4 is 23.5 Å². The molecule has 0 amide bonds. The maximum atomic E-state index is 10.8. The van der Waals surface area contributed by atoms with Crippen LogP contribution >= 0.6 is 0 Å². The second kappa shape index (κ2) is 5.63. The average molecular weight is 200 g/mol. The van der Waals surface area contributed by atoms with Crippen molar-refractivity contribution in [3.8, 4) is 0 Å². The topological polar surface area (TPSA) is 109 Å². The lowest BCUT2D eigenvalue weighted by Crippen LogP contribution is -2.10. The molecule has 6 heteroatoms. The van der Waals surface area contributed by atoms with Crippen molar-refractivity contribution in [2.24, 2.45) is 0 Å². The molecule has 0 aromatic rings. The Kier molecular flexibility index (Phi) is 4.83. The lowest BCUT2D eigenvalue weighted by Gasteiger charge is -1.92. The molecule has 0 spiro atoms. The molecule has 0 aliphatic heterocycles. The van der Waals surface area contributed by atoms with Crippen LogP contribution in [0, 0.1) is 0 Å². The Morgan fingerprint density at radius 1 is 0.929 bits per heavy atom. The Labute approximate surface area is 78.8 Å². The Morgan fingerprint density at radius 2 is 1.50 bits per heavy atom. The predicted octanol–water partition coefficient (Wildman–Crippen LogP) is -0.370. The molecule has 0 aliphatic carbocycles. The van der Waals surface area contributed by atoms with Gasteiger partial charge in [0.05, 0.1) is 6.42 Å². The molecule has 0 saturated carbocycles. The first-order chi connectivity index (χ1) is 6.41. The van der Waals surface area contributed by atoms with Gasteiger partial charge in [-0.1, -0.05) is 0 Å². The van der Waals surface area contributed by atoms with Gasteiger partial charge < -0.3 is 10.2 Å². The van der Waals surface area contributed by atoms with E-state index < -0.39 is 36.3 Å². The Morgan fingerprint density at radius 3 is 1.93 bits per heavy atom. The van der Waals surface area contributed by atoms with E-state index in [-0.39, 0.29) is 0 Å². The normalized spacial score (nSPS) is 10.0. The zero-order chi connectivity index (χ0) is 11.1. The minimum absolute atomic E-state index is 0.587. The van der Waals surface area contributed by atoms with Crippen molar-refractivity contribution in [3.63, 3.8) is 0 Å². The Balaban J connectivity index is 4.01. The van der Waals surface area contributed by atoms with Gasteiger partial charge in [0.25, 0.3) is 0 Å². The summed E-state index contributed by atoms with van der Waals surface area (Å²) < 4.78 is 0. The average Bonchev–Trinajstić information content (AvgIpc) is 1.98. The number of carbonyl (C=O) groups is 4. The molecule has 0 aromatic heterocycles. The smallest absolute Gasteiger partial charge is 0.328 e. The number of ketones is 2. The molecular formula is C8H8O6. The molecular weight excluding hydrogens is 192 g/mol. The molecule has 0 radical (unpaired) electrons. The Bertz CT molecular complexity index is 301. The van der Waals surface area contributed by atoms with Crippen molar-refractivity contribution in [3.05, 3.63) is 12.2 Å². The quantitative estimate of drug-likeness (QED) is 0.447. The molecule has 0 fully saturated rings. The lowest BCUT2D eigenvalue weighted by molar-refractivity contribution is -0.140. The van der Waals surface area contributed by atoms with E-state index in [2.05, 4.69) is 0 Å². The summed E-state index contributed by atoms with van der Waals surface area (Å²) in [7, 11) is 0. The molecule has 0 aromatic carbocycles. The lowest BCUT2D eigenvalue weighted by atomic mass is 10.1. The standard InChI is InChI=1S/C8H8O6/c9-5(1-2-7(11)12)3-6(10)4-8(13)14/h1-2H,3-4H2,(H,11,12)(H,13,14)/b2-1-. The fraction of sp³-hybridized carbons (Fsp3) is 0.250. The molecule has 0 heterocycles. The Hall–Kier alpha value is -1.98. The fourth-order valence-electron chi connectivity index (χ4n) is 0.649. The van der Waals surface area contributed by atoms with Crippen LogP contribution in [-0.2, 0) is 19.2 Å². The number of hydrogen-bond acceptors (Lipinski definition) is 4. The highest BCUT2D eigenvalue weighted by molar-refractivity contribution is 6.09. The third kappa shape index (κ3) is 6.71. The number of carboxylic acids is 2. The van der Waals surface area contributed by atoms with Crippen molar-refractivity contribution < 1.29 is 29.4 Å². The number of allylic oxidation sites excluding steroid dienone is 1. The van der Waals surface area contributed by atoms with Crippen molar-refractivity contribution in [2.45, 2.75) is 12.8 Å². The first-order valence-electron chi connectivity index (χ1n) is 3.59. The summed E-state index contributed by atoms with van der Waals surface area (Å²) in [5.41, 5.74) is 0. The van der Waals surface area contributed by atoms with E-state index in [1.54, 1.807) is 0 Å². The first-order valence-corrected chi connectivity index (χ1v) is 3.59. The summed E-state index contributed by atoms with van der Waals surface area (Å²) in [6, 6.07) is 0. The van der Waals surface area contributed by atoms with E-state index in [9.17, 15) is 19.2 Å². The van der Waals surface area contributed by atoms with Gasteiger partial charge in [-0.25, -0.2) is 4.79 Å². The largest absolute Gasteiger partial charge is 0.481 e. The zero-order valence-corrected chi connectivity index (χ0v) is 7.10. The summed E-state index contributed by atoms with van der Waals surface area (Å²) in [6.07, 6.45) is 0.00119. The minimum Gasteiger partial charge on any atom is -0.481 e. The van der Waals surface area contributed by atoms with E-state index >= 15 is 0 Å². The van der Waals surface area contributed by atoms with Gasteiger partial charge in [-0.2, -0.15) is 0 Å². The first kappa shape index (κ1) is 12.0. The number of hydrogen-bond donors (Lipinski definition) is 2. The van der Waals surface area contributed by atoms with Crippen LogP contribution in [0.2, 0.25) is 0 Å². The van der Waals surface area contributed by atoms with Crippen LogP contribution in [0.25, 0.3) is 0 Å². The highest BCUT2D eigenvalue weighted by Crippen LogP contribution is 1.93. The van der Waals surface area contributed by atoms with E-state index in [1.807, 2.05) is 0 Å². The van der Waals surface area contributed by atoms with Crippen LogP contribution in [0.4, 0.5) is 0 Å². The second-order valence-corrected chi connectivity index (χ2v) is 2.42. The van der Waals surface area contributed by atoms with Crippen LogP contribution in [-0.4, -0.2) is 33.7 Å². The van der Waals surface area contributed by atoms with E-state index in [0.29, 0.717) is 6.08 Å². The van der Waals surface area contributed by atoms with Crippen LogP contribution < -0.4 is 0 Å². The summed E-state index contributed by atoms with van der Waals surface area (Å²) in [6.45, 7) is 0. The predicted molar refractivity (Wildman–Crippen MR) is 43.7 cm³/mol. The number of aliphatic carboxylic acids is 2. The third-order valence-corrected chi connectivity index (χ3v) is 1.13. The van der Waals surface area contributed by atoms with E-state index in [1.165, 1.54) is 0 Å². The van der Waals surface area contributed by atoms with Crippen LogP contribution in [0.15, 0.2) is 12.2 Å². The van der Waals surface area contributed by atoms with Crippen LogP contribution in [0.5, 0.6) is 0 Å². The highest BCUT2D eigenvalue weighted by Gasteiger charge is 2.10. The maximum Gasteiger partial charge on any atom is 0.328 e. The van der Waals surface area contributed by atoms with Gasteiger partial charge in [0.15, 0.2) is 11.6 Å². The SMILES string of the molecule is O=C(O)/C=C\C(=O)CC(=O)CC(=O)O. The number of carboxylic acid groups (broad SMARTS) is 2. The number of carbonyl (C=O) groups excluding carboxylic acids is 2. The van der Waals surface area contributed by atoms with Crippen LogP contribution in [0.1, 0.15) is 12.8 Å². The maximum absolute atomic E-state index is 10.8. The number of rotatable bonds is 6. The molecule has 0 bridgehead atoms. The minimum atomic E-state index is -1.31. The molecule has 0 saturated heterocycles.